The molecule has 0 saturated carbocycles. The van der Waals surface area contributed by atoms with E-state index >= 15 is 0 Å². The summed E-state index contributed by atoms with van der Waals surface area (Å²) in [5.74, 6) is 0.916. The van der Waals surface area contributed by atoms with Crippen molar-refractivity contribution in [1.29, 1.82) is 0 Å². The minimum absolute atomic E-state index is 0.543. The molecule has 0 atom stereocenters. The number of hydrogen-bond acceptors (Lipinski definition) is 4. The summed E-state index contributed by atoms with van der Waals surface area (Å²) in [6, 6.07) is 8.22. The maximum Gasteiger partial charge on any atom is 0.140 e. The van der Waals surface area contributed by atoms with Crippen LogP contribution in [0.15, 0.2) is 29.6 Å². The Balaban J connectivity index is 1.93. The fourth-order valence-electron chi connectivity index (χ4n) is 1.68. The van der Waals surface area contributed by atoms with Crippen LogP contribution in [0.4, 0.5) is 0 Å². The van der Waals surface area contributed by atoms with Gasteiger partial charge in [0, 0.05) is 11.9 Å². The Labute approximate surface area is 112 Å². The summed E-state index contributed by atoms with van der Waals surface area (Å²) in [6.45, 7) is 3.49. The Kier molecular flexibility index (Phi) is 4.73. The predicted octanol–water partition coefficient (Wildman–Crippen LogP) is 3.00. The molecule has 1 aromatic heterocycles. The molecular formula is C14H18N2OS. The van der Waals surface area contributed by atoms with Crippen molar-refractivity contribution in [1.82, 2.24) is 10.3 Å². The fourth-order valence-corrected chi connectivity index (χ4v) is 2.38. The number of nitrogens with zero attached hydrogens (tertiary/aromatic N) is 1. The number of benzene rings is 1. The third kappa shape index (κ3) is 3.55. The summed E-state index contributed by atoms with van der Waals surface area (Å²) in [5.41, 5.74) is 2.37. The molecule has 0 fully saturated rings. The zero-order chi connectivity index (χ0) is 12.8. The average Bonchev–Trinajstić information content (AvgIpc) is 2.85. The van der Waals surface area contributed by atoms with Gasteiger partial charge in [-0.15, -0.1) is 11.3 Å². The van der Waals surface area contributed by atoms with E-state index in [-0.39, 0.29) is 0 Å². The number of hydrogen-bond donors (Lipinski definition) is 1. The summed E-state index contributed by atoms with van der Waals surface area (Å²) in [6.07, 6.45) is 1.03. The van der Waals surface area contributed by atoms with Crippen LogP contribution in [0.2, 0.25) is 0 Å². The SMILES string of the molecule is CCc1cccc(OCc2nc(CNC)cs2)c1. The second-order valence-electron chi connectivity index (χ2n) is 4.05. The lowest BCUT2D eigenvalue weighted by atomic mass is 10.2. The number of nitrogens with one attached hydrogen (secondary N) is 1. The predicted molar refractivity (Wildman–Crippen MR) is 75.0 cm³/mol. The maximum absolute atomic E-state index is 5.75. The fraction of sp³-hybridized carbons (Fsp3) is 0.357. The molecule has 4 heteroatoms. The molecule has 3 nitrogen and oxygen atoms in total. The molecule has 0 amide bonds. The van der Waals surface area contributed by atoms with E-state index in [9.17, 15) is 0 Å². The molecule has 0 bridgehead atoms. The number of rotatable bonds is 6. The van der Waals surface area contributed by atoms with Crippen LogP contribution in [-0.4, -0.2) is 12.0 Å². The van der Waals surface area contributed by atoms with Crippen molar-refractivity contribution < 1.29 is 4.74 Å². The minimum atomic E-state index is 0.543. The highest BCUT2D eigenvalue weighted by Crippen LogP contribution is 2.17. The number of thiazole rings is 1. The van der Waals surface area contributed by atoms with Crippen LogP contribution in [0.25, 0.3) is 0 Å². The maximum atomic E-state index is 5.75. The molecule has 0 aliphatic heterocycles. The van der Waals surface area contributed by atoms with Gasteiger partial charge in [-0.2, -0.15) is 0 Å². The normalized spacial score (nSPS) is 10.6. The minimum Gasteiger partial charge on any atom is -0.486 e. The smallest absolute Gasteiger partial charge is 0.140 e. The molecule has 0 radical (unpaired) electrons. The van der Waals surface area contributed by atoms with Crippen molar-refractivity contribution in [2.24, 2.45) is 0 Å². The third-order valence-electron chi connectivity index (χ3n) is 2.63. The molecule has 2 rings (SSSR count). The molecule has 0 unspecified atom stereocenters. The van der Waals surface area contributed by atoms with Crippen LogP contribution in [-0.2, 0) is 19.6 Å². The van der Waals surface area contributed by atoms with E-state index in [1.54, 1.807) is 11.3 Å². The van der Waals surface area contributed by atoms with Crippen LogP contribution in [0.3, 0.4) is 0 Å². The van der Waals surface area contributed by atoms with Crippen LogP contribution in [0.5, 0.6) is 5.75 Å². The first-order valence-corrected chi connectivity index (χ1v) is 6.99. The van der Waals surface area contributed by atoms with E-state index in [1.165, 1.54) is 5.56 Å². The second-order valence-corrected chi connectivity index (χ2v) is 5.00. The first-order valence-electron chi connectivity index (χ1n) is 6.11. The van der Waals surface area contributed by atoms with Gasteiger partial charge in [0.1, 0.15) is 17.4 Å². The second kappa shape index (κ2) is 6.52. The van der Waals surface area contributed by atoms with Crippen LogP contribution in [0, 0.1) is 0 Å². The highest BCUT2D eigenvalue weighted by atomic mass is 32.1. The highest BCUT2D eigenvalue weighted by Gasteiger charge is 2.02. The van der Waals surface area contributed by atoms with E-state index in [2.05, 4.69) is 34.7 Å². The summed E-state index contributed by atoms with van der Waals surface area (Å²) in [4.78, 5) is 4.49. The van der Waals surface area contributed by atoms with Crippen molar-refractivity contribution >= 4 is 11.3 Å². The zero-order valence-electron chi connectivity index (χ0n) is 10.8. The van der Waals surface area contributed by atoms with Gasteiger partial charge < -0.3 is 10.1 Å². The molecule has 18 heavy (non-hydrogen) atoms. The zero-order valence-corrected chi connectivity index (χ0v) is 11.6. The van der Waals surface area contributed by atoms with Crippen LogP contribution < -0.4 is 10.1 Å². The molecule has 96 valence electrons. The number of aromatic nitrogens is 1. The van der Waals surface area contributed by atoms with Gasteiger partial charge in [-0.25, -0.2) is 4.98 Å². The van der Waals surface area contributed by atoms with E-state index in [1.807, 2.05) is 19.2 Å². The Morgan fingerprint density at radius 3 is 3.06 bits per heavy atom. The van der Waals surface area contributed by atoms with E-state index < -0.39 is 0 Å². The highest BCUT2D eigenvalue weighted by molar-refractivity contribution is 7.09. The molecule has 0 aliphatic rings. The average molecular weight is 262 g/mol. The monoisotopic (exact) mass is 262 g/mol. The molecule has 0 aliphatic carbocycles. The summed E-state index contributed by atoms with van der Waals surface area (Å²) in [7, 11) is 1.92. The van der Waals surface area contributed by atoms with E-state index in [0.717, 1.165) is 29.4 Å². The molecular weight excluding hydrogens is 244 g/mol. The molecule has 1 heterocycles. The third-order valence-corrected chi connectivity index (χ3v) is 3.50. The van der Waals surface area contributed by atoms with E-state index in [0.29, 0.717) is 6.61 Å². The van der Waals surface area contributed by atoms with Gasteiger partial charge in [0.05, 0.1) is 5.69 Å². The van der Waals surface area contributed by atoms with Gasteiger partial charge in [0.2, 0.25) is 0 Å². The Hall–Kier alpha value is -1.39. The van der Waals surface area contributed by atoms with Gasteiger partial charge in [-0.1, -0.05) is 19.1 Å². The van der Waals surface area contributed by atoms with Crippen molar-refractivity contribution in [3.8, 4) is 5.75 Å². The van der Waals surface area contributed by atoms with E-state index in [4.69, 9.17) is 4.74 Å². The Bertz CT molecular complexity index is 496. The van der Waals surface area contributed by atoms with Crippen molar-refractivity contribution in [3.63, 3.8) is 0 Å². The largest absolute Gasteiger partial charge is 0.486 e. The molecule has 1 aromatic carbocycles. The lowest BCUT2D eigenvalue weighted by Crippen LogP contribution is -2.05. The van der Waals surface area contributed by atoms with Crippen molar-refractivity contribution in [3.05, 3.63) is 45.9 Å². The van der Waals surface area contributed by atoms with Gasteiger partial charge in [-0.3, -0.25) is 0 Å². The Morgan fingerprint density at radius 1 is 1.39 bits per heavy atom. The summed E-state index contributed by atoms with van der Waals surface area (Å²) >= 11 is 1.64. The van der Waals surface area contributed by atoms with Gasteiger partial charge in [-0.05, 0) is 31.2 Å². The van der Waals surface area contributed by atoms with Crippen molar-refractivity contribution in [2.45, 2.75) is 26.5 Å². The molecule has 0 spiro atoms. The van der Waals surface area contributed by atoms with Crippen LogP contribution in [0.1, 0.15) is 23.2 Å². The van der Waals surface area contributed by atoms with Gasteiger partial charge >= 0.3 is 0 Å². The molecule has 1 N–H and O–H groups in total. The number of aryl methyl sites for hydroxylation is 1. The standard InChI is InChI=1S/C14H18N2OS/c1-3-11-5-4-6-13(7-11)17-9-14-16-12(8-15-2)10-18-14/h4-7,10,15H,3,8-9H2,1-2H3. The quantitative estimate of drug-likeness (QED) is 0.869. The lowest BCUT2D eigenvalue weighted by molar-refractivity contribution is 0.305. The molecule has 0 saturated heterocycles. The lowest BCUT2D eigenvalue weighted by Gasteiger charge is -2.05. The van der Waals surface area contributed by atoms with Gasteiger partial charge in [0.15, 0.2) is 0 Å². The van der Waals surface area contributed by atoms with Crippen molar-refractivity contribution in [2.75, 3.05) is 7.05 Å². The first kappa shape index (κ1) is 13.1. The first-order chi connectivity index (χ1) is 8.81. The summed E-state index contributed by atoms with van der Waals surface area (Å²) < 4.78 is 5.75. The Morgan fingerprint density at radius 2 is 2.28 bits per heavy atom. The molecule has 2 aromatic rings. The summed E-state index contributed by atoms with van der Waals surface area (Å²) in [5, 5.41) is 6.17. The van der Waals surface area contributed by atoms with Crippen LogP contribution >= 0.6 is 11.3 Å². The number of ether oxygens (including phenoxy) is 1. The van der Waals surface area contributed by atoms with Gasteiger partial charge in [0.25, 0.3) is 0 Å². The topological polar surface area (TPSA) is 34.1 Å².